The van der Waals surface area contributed by atoms with Gasteiger partial charge in [-0.2, -0.15) is 0 Å². The predicted octanol–water partition coefficient (Wildman–Crippen LogP) is 2.01. The lowest BCUT2D eigenvalue weighted by molar-refractivity contribution is -0.127. The van der Waals surface area contributed by atoms with Crippen molar-refractivity contribution in [3.8, 4) is 5.75 Å². The van der Waals surface area contributed by atoms with E-state index in [2.05, 4.69) is 17.2 Å². The van der Waals surface area contributed by atoms with E-state index in [4.69, 9.17) is 4.74 Å². The van der Waals surface area contributed by atoms with E-state index in [9.17, 15) is 4.79 Å². The summed E-state index contributed by atoms with van der Waals surface area (Å²) in [7, 11) is 0. The van der Waals surface area contributed by atoms with Gasteiger partial charge in [-0.1, -0.05) is 18.2 Å². The summed E-state index contributed by atoms with van der Waals surface area (Å²) in [4.78, 5) is 11.7. The van der Waals surface area contributed by atoms with Gasteiger partial charge in [0.15, 0.2) is 6.10 Å². The number of rotatable bonds is 8. The third-order valence-corrected chi connectivity index (χ3v) is 3.20. The molecule has 0 aromatic heterocycles. The molecular weight excluding hydrogens is 252 g/mol. The first kappa shape index (κ1) is 14.6. The lowest BCUT2D eigenvalue weighted by Gasteiger charge is -2.14. The molecule has 1 atom stereocenters. The van der Waals surface area contributed by atoms with Crippen LogP contribution in [0.2, 0.25) is 0 Å². The standard InChI is InChI=1S/C16H22N2O2/c1-3-10-17-16(19)12(2)20-15-8-4-13(5-9-15)11-18-14-6-7-14/h3-5,8-9,12,14,18H,1,6-7,10-11H2,2H3,(H,17,19). The molecule has 2 rings (SSSR count). The molecule has 20 heavy (non-hydrogen) atoms. The minimum atomic E-state index is -0.509. The van der Waals surface area contributed by atoms with Crippen LogP contribution in [-0.4, -0.2) is 24.6 Å². The minimum Gasteiger partial charge on any atom is -0.481 e. The first-order chi connectivity index (χ1) is 9.69. The summed E-state index contributed by atoms with van der Waals surface area (Å²) in [6.45, 7) is 6.64. The van der Waals surface area contributed by atoms with Crippen molar-refractivity contribution in [2.24, 2.45) is 0 Å². The Hall–Kier alpha value is -1.81. The van der Waals surface area contributed by atoms with E-state index in [0.717, 1.165) is 6.54 Å². The van der Waals surface area contributed by atoms with Crippen molar-refractivity contribution in [2.75, 3.05) is 6.54 Å². The molecule has 1 aromatic carbocycles. The van der Waals surface area contributed by atoms with Crippen LogP contribution in [0.15, 0.2) is 36.9 Å². The topological polar surface area (TPSA) is 50.4 Å². The lowest BCUT2D eigenvalue weighted by atomic mass is 10.2. The summed E-state index contributed by atoms with van der Waals surface area (Å²) in [5.74, 6) is 0.575. The zero-order valence-electron chi connectivity index (χ0n) is 11.9. The highest BCUT2D eigenvalue weighted by Crippen LogP contribution is 2.20. The summed E-state index contributed by atoms with van der Waals surface area (Å²) < 4.78 is 5.60. The van der Waals surface area contributed by atoms with Gasteiger partial charge in [0.05, 0.1) is 0 Å². The Morgan fingerprint density at radius 1 is 1.45 bits per heavy atom. The quantitative estimate of drug-likeness (QED) is 0.713. The highest BCUT2D eigenvalue weighted by Gasteiger charge is 2.19. The van der Waals surface area contributed by atoms with Gasteiger partial charge in [0.2, 0.25) is 0 Å². The van der Waals surface area contributed by atoms with E-state index >= 15 is 0 Å². The summed E-state index contributed by atoms with van der Waals surface area (Å²) >= 11 is 0. The maximum Gasteiger partial charge on any atom is 0.261 e. The van der Waals surface area contributed by atoms with Crippen molar-refractivity contribution >= 4 is 5.91 Å². The monoisotopic (exact) mass is 274 g/mol. The SMILES string of the molecule is C=CCNC(=O)C(C)Oc1ccc(CNC2CC2)cc1. The van der Waals surface area contributed by atoms with Crippen LogP contribution in [0.3, 0.4) is 0 Å². The Morgan fingerprint density at radius 2 is 2.15 bits per heavy atom. The average Bonchev–Trinajstić information content (AvgIpc) is 3.28. The van der Waals surface area contributed by atoms with E-state index in [1.54, 1.807) is 13.0 Å². The molecule has 0 aliphatic heterocycles. The van der Waals surface area contributed by atoms with E-state index in [-0.39, 0.29) is 5.91 Å². The Morgan fingerprint density at radius 3 is 2.75 bits per heavy atom. The number of nitrogens with one attached hydrogen (secondary N) is 2. The van der Waals surface area contributed by atoms with Crippen molar-refractivity contribution in [3.63, 3.8) is 0 Å². The summed E-state index contributed by atoms with van der Waals surface area (Å²) in [6, 6.07) is 8.57. The van der Waals surface area contributed by atoms with E-state index in [1.165, 1.54) is 18.4 Å². The first-order valence-corrected chi connectivity index (χ1v) is 7.06. The zero-order valence-corrected chi connectivity index (χ0v) is 11.9. The van der Waals surface area contributed by atoms with Crippen LogP contribution in [0.25, 0.3) is 0 Å². The molecule has 2 N–H and O–H groups in total. The van der Waals surface area contributed by atoms with Gasteiger partial charge in [-0.15, -0.1) is 6.58 Å². The molecule has 1 aliphatic carbocycles. The molecule has 0 bridgehead atoms. The Bertz CT molecular complexity index is 452. The molecule has 0 heterocycles. The normalized spacial score (nSPS) is 15.4. The zero-order chi connectivity index (χ0) is 14.4. The van der Waals surface area contributed by atoms with Crippen LogP contribution in [0.4, 0.5) is 0 Å². The van der Waals surface area contributed by atoms with Crippen molar-refractivity contribution in [2.45, 2.75) is 38.5 Å². The van der Waals surface area contributed by atoms with Crippen molar-refractivity contribution in [1.82, 2.24) is 10.6 Å². The number of hydrogen-bond acceptors (Lipinski definition) is 3. The number of ether oxygens (including phenoxy) is 1. The molecule has 4 nitrogen and oxygen atoms in total. The Balaban J connectivity index is 1.79. The lowest BCUT2D eigenvalue weighted by Crippen LogP contribution is -2.36. The number of benzene rings is 1. The Kier molecular flexibility index (Phi) is 5.18. The van der Waals surface area contributed by atoms with E-state index in [1.807, 2.05) is 24.3 Å². The molecule has 0 spiro atoms. The van der Waals surface area contributed by atoms with Gasteiger partial charge in [0, 0.05) is 19.1 Å². The van der Waals surface area contributed by atoms with Gasteiger partial charge in [-0.05, 0) is 37.5 Å². The first-order valence-electron chi connectivity index (χ1n) is 7.06. The van der Waals surface area contributed by atoms with Gasteiger partial charge < -0.3 is 15.4 Å². The maximum atomic E-state index is 11.7. The fourth-order valence-corrected chi connectivity index (χ4v) is 1.81. The molecule has 0 radical (unpaired) electrons. The maximum absolute atomic E-state index is 11.7. The van der Waals surface area contributed by atoms with Crippen LogP contribution >= 0.6 is 0 Å². The predicted molar refractivity (Wildman–Crippen MR) is 79.6 cm³/mol. The second-order valence-electron chi connectivity index (χ2n) is 5.09. The van der Waals surface area contributed by atoms with Crippen molar-refractivity contribution in [3.05, 3.63) is 42.5 Å². The average molecular weight is 274 g/mol. The third kappa shape index (κ3) is 4.70. The van der Waals surface area contributed by atoms with Gasteiger partial charge in [-0.25, -0.2) is 0 Å². The molecule has 0 saturated heterocycles. The number of carbonyl (C=O) groups is 1. The summed E-state index contributed by atoms with van der Waals surface area (Å²) in [5.41, 5.74) is 1.23. The van der Waals surface area contributed by atoms with E-state index in [0.29, 0.717) is 18.3 Å². The van der Waals surface area contributed by atoms with Crippen LogP contribution < -0.4 is 15.4 Å². The molecule has 1 aliphatic rings. The molecule has 108 valence electrons. The Labute approximate surface area is 120 Å². The van der Waals surface area contributed by atoms with Gasteiger partial charge in [-0.3, -0.25) is 4.79 Å². The van der Waals surface area contributed by atoms with Crippen LogP contribution in [0.1, 0.15) is 25.3 Å². The molecular formula is C16H22N2O2. The molecule has 4 heteroatoms. The molecule has 1 aromatic rings. The van der Waals surface area contributed by atoms with Gasteiger partial charge in [0.1, 0.15) is 5.75 Å². The smallest absolute Gasteiger partial charge is 0.261 e. The second-order valence-corrected chi connectivity index (χ2v) is 5.09. The van der Waals surface area contributed by atoms with Gasteiger partial charge in [0.25, 0.3) is 5.91 Å². The third-order valence-electron chi connectivity index (χ3n) is 3.20. The van der Waals surface area contributed by atoms with Crippen molar-refractivity contribution < 1.29 is 9.53 Å². The fraction of sp³-hybridized carbons (Fsp3) is 0.438. The highest BCUT2D eigenvalue weighted by atomic mass is 16.5. The van der Waals surface area contributed by atoms with Crippen molar-refractivity contribution in [1.29, 1.82) is 0 Å². The van der Waals surface area contributed by atoms with E-state index < -0.39 is 6.10 Å². The number of hydrogen-bond donors (Lipinski definition) is 2. The fourth-order valence-electron chi connectivity index (χ4n) is 1.81. The number of amides is 1. The molecule has 1 saturated carbocycles. The summed E-state index contributed by atoms with van der Waals surface area (Å²) in [6.07, 6.45) is 3.72. The van der Waals surface area contributed by atoms with Crippen LogP contribution in [0, 0.1) is 0 Å². The van der Waals surface area contributed by atoms with Crippen LogP contribution in [-0.2, 0) is 11.3 Å². The highest BCUT2D eigenvalue weighted by molar-refractivity contribution is 5.80. The van der Waals surface area contributed by atoms with Crippen LogP contribution in [0.5, 0.6) is 5.75 Å². The molecule has 1 unspecified atom stereocenters. The molecule has 1 amide bonds. The minimum absolute atomic E-state index is 0.135. The number of carbonyl (C=O) groups excluding carboxylic acids is 1. The largest absolute Gasteiger partial charge is 0.481 e. The van der Waals surface area contributed by atoms with Gasteiger partial charge >= 0.3 is 0 Å². The molecule has 1 fully saturated rings. The summed E-state index contributed by atoms with van der Waals surface area (Å²) in [5, 5.41) is 6.17. The second kappa shape index (κ2) is 7.10.